The number of ether oxygens (including phenoxy) is 3. The fourth-order valence-corrected chi connectivity index (χ4v) is 1.43. The number of methoxy groups -OCH3 is 1. The van der Waals surface area contributed by atoms with Gasteiger partial charge in [-0.15, -0.1) is 0 Å². The van der Waals surface area contributed by atoms with Crippen molar-refractivity contribution in [1.82, 2.24) is 0 Å². The van der Waals surface area contributed by atoms with Gasteiger partial charge in [0.1, 0.15) is 5.75 Å². The van der Waals surface area contributed by atoms with Crippen LogP contribution in [0.1, 0.15) is 11.9 Å². The molecule has 15 heavy (non-hydrogen) atoms. The van der Waals surface area contributed by atoms with Crippen molar-refractivity contribution in [2.75, 3.05) is 20.3 Å². The fraction of sp³-hybridized carbons (Fsp3) is 0.333. The Morgan fingerprint density at radius 3 is 2.33 bits per heavy atom. The molecule has 3 heteroatoms. The molecule has 0 bridgehead atoms. The van der Waals surface area contributed by atoms with Crippen LogP contribution in [0.25, 0.3) is 0 Å². The molecule has 1 aliphatic heterocycles. The van der Waals surface area contributed by atoms with E-state index < -0.39 is 0 Å². The molecule has 1 aliphatic rings. The zero-order valence-electron chi connectivity index (χ0n) is 8.73. The lowest BCUT2D eigenvalue weighted by Gasteiger charge is -2.24. The maximum atomic E-state index is 5.49. The lowest BCUT2D eigenvalue weighted by molar-refractivity contribution is -0.160. The summed E-state index contributed by atoms with van der Waals surface area (Å²) >= 11 is 0. The molecule has 0 radical (unpaired) electrons. The maximum Gasteiger partial charge on any atom is 0.184 e. The number of hydrogen-bond donors (Lipinski definition) is 0. The van der Waals surface area contributed by atoms with Crippen molar-refractivity contribution in [1.29, 1.82) is 0 Å². The monoisotopic (exact) mass is 206 g/mol. The van der Waals surface area contributed by atoms with Gasteiger partial charge in [-0.3, -0.25) is 0 Å². The molecular weight excluding hydrogens is 192 g/mol. The summed E-state index contributed by atoms with van der Waals surface area (Å²) < 4.78 is 16.1. The first kappa shape index (κ1) is 10.2. The Kier molecular flexibility index (Phi) is 3.04. The van der Waals surface area contributed by atoms with E-state index in [0.29, 0.717) is 13.2 Å². The normalized spacial score (nSPS) is 17.8. The summed E-state index contributed by atoms with van der Waals surface area (Å²) in [5.74, 6) is 0.832. The summed E-state index contributed by atoms with van der Waals surface area (Å²) in [4.78, 5) is 0. The average Bonchev–Trinajstić information content (AvgIpc) is 2.30. The summed E-state index contributed by atoms with van der Waals surface area (Å²) in [5, 5.41) is 0. The van der Waals surface area contributed by atoms with Crippen LogP contribution in [0.3, 0.4) is 0 Å². The molecule has 0 spiro atoms. The van der Waals surface area contributed by atoms with Crippen molar-refractivity contribution in [3.63, 3.8) is 0 Å². The first-order valence-corrected chi connectivity index (χ1v) is 4.83. The van der Waals surface area contributed by atoms with Crippen LogP contribution >= 0.6 is 0 Å². The fourth-order valence-electron chi connectivity index (χ4n) is 1.43. The summed E-state index contributed by atoms with van der Waals surface area (Å²) in [5.41, 5.74) is 1.98. The average molecular weight is 206 g/mol. The molecule has 0 N–H and O–H groups in total. The van der Waals surface area contributed by atoms with Gasteiger partial charge in [0, 0.05) is 5.56 Å². The van der Waals surface area contributed by atoms with E-state index in [-0.39, 0.29) is 6.29 Å². The van der Waals surface area contributed by atoms with E-state index in [2.05, 4.69) is 6.58 Å². The van der Waals surface area contributed by atoms with Crippen LogP contribution in [-0.2, 0) is 9.47 Å². The molecule has 3 nitrogen and oxygen atoms in total. The van der Waals surface area contributed by atoms with Crippen LogP contribution in [0, 0.1) is 0 Å². The third-order valence-corrected chi connectivity index (χ3v) is 2.27. The van der Waals surface area contributed by atoms with Crippen LogP contribution in [0.4, 0.5) is 0 Å². The molecule has 0 aromatic heterocycles. The Hall–Kier alpha value is -1.32. The molecule has 2 rings (SSSR count). The van der Waals surface area contributed by atoms with Gasteiger partial charge in [-0.25, -0.2) is 0 Å². The predicted octanol–water partition coefficient (Wildman–Crippen LogP) is 2.30. The highest BCUT2D eigenvalue weighted by Crippen LogP contribution is 2.25. The zero-order valence-corrected chi connectivity index (χ0v) is 8.73. The Morgan fingerprint density at radius 1 is 1.20 bits per heavy atom. The molecule has 0 amide bonds. The van der Waals surface area contributed by atoms with Gasteiger partial charge in [0.05, 0.1) is 20.3 Å². The zero-order chi connectivity index (χ0) is 10.7. The molecule has 0 unspecified atom stereocenters. The van der Waals surface area contributed by atoms with E-state index in [1.165, 1.54) is 0 Å². The Bertz CT molecular complexity index is 332. The molecule has 80 valence electrons. The molecule has 1 aromatic carbocycles. The van der Waals surface area contributed by atoms with Gasteiger partial charge < -0.3 is 14.2 Å². The molecule has 0 aliphatic carbocycles. The standard InChI is InChI=1S/C12H14O3/c1-9-7-14-12(15-8-9)10-3-5-11(13-2)6-4-10/h3-6,12H,1,7-8H2,2H3. The first-order chi connectivity index (χ1) is 7.29. The van der Waals surface area contributed by atoms with E-state index in [9.17, 15) is 0 Å². The van der Waals surface area contributed by atoms with E-state index >= 15 is 0 Å². The van der Waals surface area contributed by atoms with Crippen molar-refractivity contribution < 1.29 is 14.2 Å². The summed E-state index contributed by atoms with van der Waals surface area (Å²) in [6, 6.07) is 7.67. The number of benzene rings is 1. The van der Waals surface area contributed by atoms with Crippen LogP contribution in [0.5, 0.6) is 5.75 Å². The Morgan fingerprint density at radius 2 is 1.80 bits per heavy atom. The SMILES string of the molecule is C=C1COC(c2ccc(OC)cc2)OC1. The topological polar surface area (TPSA) is 27.7 Å². The molecule has 1 fully saturated rings. The van der Waals surface area contributed by atoms with Gasteiger partial charge in [-0.05, 0) is 17.7 Å². The molecule has 1 saturated heterocycles. The van der Waals surface area contributed by atoms with Crippen LogP contribution < -0.4 is 4.74 Å². The quantitative estimate of drug-likeness (QED) is 0.695. The number of hydrogen-bond acceptors (Lipinski definition) is 3. The molecular formula is C12H14O3. The Balaban J connectivity index is 2.06. The Labute approximate surface area is 89.3 Å². The third-order valence-electron chi connectivity index (χ3n) is 2.27. The van der Waals surface area contributed by atoms with Crippen LogP contribution in [0.2, 0.25) is 0 Å². The number of rotatable bonds is 2. The van der Waals surface area contributed by atoms with Crippen molar-refractivity contribution in [2.24, 2.45) is 0 Å². The minimum absolute atomic E-state index is 0.276. The molecule has 0 atom stereocenters. The highest BCUT2D eigenvalue weighted by Gasteiger charge is 2.17. The van der Waals surface area contributed by atoms with Crippen LogP contribution in [-0.4, -0.2) is 20.3 Å². The first-order valence-electron chi connectivity index (χ1n) is 4.83. The van der Waals surface area contributed by atoms with Crippen molar-refractivity contribution in [2.45, 2.75) is 6.29 Å². The van der Waals surface area contributed by atoms with Gasteiger partial charge in [-0.1, -0.05) is 18.7 Å². The van der Waals surface area contributed by atoms with Crippen molar-refractivity contribution >= 4 is 0 Å². The second-order valence-corrected chi connectivity index (χ2v) is 3.48. The highest BCUT2D eigenvalue weighted by atomic mass is 16.7. The molecule has 0 saturated carbocycles. The lowest BCUT2D eigenvalue weighted by atomic mass is 10.2. The third kappa shape index (κ3) is 2.37. The largest absolute Gasteiger partial charge is 0.497 e. The van der Waals surface area contributed by atoms with Gasteiger partial charge in [-0.2, -0.15) is 0 Å². The van der Waals surface area contributed by atoms with E-state index in [4.69, 9.17) is 14.2 Å². The summed E-state index contributed by atoms with van der Waals surface area (Å²) in [7, 11) is 1.65. The van der Waals surface area contributed by atoms with E-state index in [1.807, 2.05) is 24.3 Å². The minimum atomic E-state index is -0.276. The highest BCUT2D eigenvalue weighted by molar-refractivity contribution is 5.28. The van der Waals surface area contributed by atoms with Crippen molar-refractivity contribution in [3.05, 3.63) is 42.0 Å². The van der Waals surface area contributed by atoms with E-state index in [0.717, 1.165) is 16.9 Å². The lowest BCUT2D eigenvalue weighted by Crippen LogP contribution is -2.19. The second kappa shape index (κ2) is 4.47. The van der Waals surface area contributed by atoms with Gasteiger partial charge in [0.25, 0.3) is 0 Å². The van der Waals surface area contributed by atoms with Crippen molar-refractivity contribution in [3.8, 4) is 5.75 Å². The van der Waals surface area contributed by atoms with Gasteiger partial charge in [0.15, 0.2) is 6.29 Å². The van der Waals surface area contributed by atoms with Gasteiger partial charge in [0.2, 0.25) is 0 Å². The second-order valence-electron chi connectivity index (χ2n) is 3.48. The van der Waals surface area contributed by atoms with Gasteiger partial charge >= 0.3 is 0 Å². The summed E-state index contributed by atoms with van der Waals surface area (Å²) in [6.07, 6.45) is -0.276. The summed E-state index contributed by atoms with van der Waals surface area (Å²) in [6.45, 7) is 4.93. The smallest absolute Gasteiger partial charge is 0.184 e. The predicted molar refractivity (Wildman–Crippen MR) is 56.8 cm³/mol. The maximum absolute atomic E-state index is 5.49. The molecule has 1 aromatic rings. The molecule has 1 heterocycles. The van der Waals surface area contributed by atoms with E-state index in [1.54, 1.807) is 7.11 Å². The minimum Gasteiger partial charge on any atom is -0.497 e. The van der Waals surface area contributed by atoms with Crippen LogP contribution in [0.15, 0.2) is 36.4 Å².